The molecule has 0 aromatic carbocycles. The second kappa shape index (κ2) is 6.17. The van der Waals surface area contributed by atoms with Gasteiger partial charge in [-0.05, 0) is 25.8 Å². The van der Waals surface area contributed by atoms with Gasteiger partial charge in [-0.1, -0.05) is 13.3 Å². The summed E-state index contributed by atoms with van der Waals surface area (Å²) in [7, 11) is 0. The molecule has 1 amide bonds. The van der Waals surface area contributed by atoms with Crippen LogP contribution in [0.2, 0.25) is 0 Å². The van der Waals surface area contributed by atoms with E-state index in [2.05, 4.69) is 22.2 Å². The molecule has 0 saturated heterocycles. The molecule has 0 atom stereocenters. The molecule has 0 fully saturated rings. The van der Waals surface area contributed by atoms with Gasteiger partial charge in [0.05, 0.1) is 11.8 Å². The lowest BCUT2D eigenvalue weighted by Crippen LogP contribution is -2.27. The Hall–Kier alpha value is -1.69. The highest BCUT2D eigenvalue weighted by molar-refractivity contribution is 7.18. The predicted octanol–water partition coefficient (Wildman–Crippen LogP) is 2.06. The number of carbonyl (C=O) groups is 1. The van der Waals surface area contributed by atoms with Crippen molar-refractivity contribution < 1.29 is 4.79 Å². The number of unbranched alkanes of at least 4 members (excludes halogenated alkanes) is 1. The number of nitrogens with zero attached hydrogens (tertiary/aromatic N) is 1. The molecule has 2 aromatic rings. The number of H-pyrrole nitrogens is 1. The second-order valence-corrected chi connectivity index (χ2v) is 6.06. The highest BCUT2D eigenvalue weighted by atomic mass is 32.1. The second-order valence-electron chi connectivity index (χ2n) is 4.86. The molecule has 0 saturated carbocycles. The van der Waals surface area contributed by atoms with E-state index in [0.29, 0.717) is 22.6 Å². The van der Waals surface area contributed by atoms with Crippen LogP contribution in [0.25, 0.3) is 10.2 Å². The first-order valence-corrected chi connectivity index (χ1v) is 7.60. The number of carbonyl (C=O) groups excluding carboxylic acids is 1. The predicted molar refractivity (Wildman–Crippen MR) is 81.3 cm³/mol. The number of aromatic nitrogens is 2. The van der Waals surface area contributed by atoms with E-state index in [1.807, 2.05) is 13.8 Å². The third kappa shape index (κ3) is 3.07. The Kier molecular flexibility index (Phi) is 4.54. The molecule has 2 rings (SSSR count). The topological polar surface area (TPSA) is 74.8 Å². The summed E-state index contributed by atoms with van der Waals surface area (Å²) in [6.07, 6.45) is 2.11. The molecule has 108 valence electrons. The van der Waals surface area contributed by atoms with Crippen molar-refractivity contribution >= 4 is 27.5 Å². The molecule has 0 unspecified atom stereocenters. The van der Waals surface area contributed by atoms with Gasteiger partial charge in [0, 0.05) is 11.4 Å². The van der Waals surface area contributed by atoms with Gasteiger partial charge in [-0.25, -0.2) is 4.98 Å². The van der Waals surface area contributed by atoms with E-state index in [0.717, 1.165) is 23.3 Å². The summed E-state index contributed by atoms with van der Waals surface area (Å²) in [6, 6.07) is 0. The van der Waals surface area contributed by atoms with Crippen molar-refractivity contribution in [2.45, 2.75) is 40.0 Å². The lowest BCUT2D eigenvalue weighted by Gasteiger charge is -2.03. The summed E-state index contributed by atoms with van der Waals surface area (Å²) in [4.78, 5) is 32.7. The summed E-state index contributed by atoms with van der Waals surface area (Å²) in [5.41, 5.74) is 0.811. The molecule has 0 aliphatic heterocycles. The quantitative estimate of drug-likeness (QED) is 0.829. The summed E-state index contributed by atoms with van der Waals surface area (Å²) in [6.45, 7) is 6.63. The summed E-state index contributed by atoms with van der Waals surface area (Å²) < 4.78 is 0. The Balaban J connectivity index is 2.20. The van der Waals surface area contributed by atoms with E-state index in [9.17, 15) is 9.59 Å². The molecular weight excluding hydrogens is 274 g/mol. The highest BCUT2D eigenvalue weighted by Crippen LogP contribution is 2.25. The van der Waals surface area contributed by atoms with Crippen LogP contribution in [-0.4, -0.2) is 22.4 Å². The molecule has 2 heterocycles. The van der Waals surface area contributed by atoms with Crippen LogP contribution in [0.5, 0.6) is 0 Å². The zero-order valence-electron chi connectivity index (χ0n) is 12.0. The van der Waals surface area contributed by atoms with Crippen LogP contribution < -0.4 is 10.9 Å². The smallest absolute Gasteiger partial charge is 0.259 e. The van der Waals surface area contributed by atoms with E-state index >= 15 is 0 Å². The van der Waals surface area contributed by atoms with Gasteiger partial charge in [-0.3, -0.25) is 9.59 Å². The summed E-state index contributed by atoms with van der Waals surface area (Å²) >= 11 is 1.49. The van der Waals surface area contributed by atoms with Crippen molar-refractivity contribution in [1.82, 2.24) is 15.3 Å². The van der Waals surface area contributed by atoms with Gasteiger partial charge < -0.3 is 10.3 Å². The molecule has 2 aromatic heterocycles. The molecular formula is C14H19N3O2S. The van der Waals surface area contributed by atoms with E-state index < -0.39 is 0 Å². The van der Waals surface area contributed by atoms with Crippen LogP contribution in [0.15, 0.2) is 4.79 Å². The van der Waals surface area contributed by atoms with Crippen molar-refractivity contribution in [1.29, 1.82) is 0 Å². The van der Waals surface area contributed by atoms with E-state index in [1.165, 1.54) is 11.3 Å². The van der Waals surface area contributed by atoms with Gasteiger partial charge in [0.2, 0.25) is 5.91 Å². The zero-order chi connectivity index (χ0) is 14.7. The minimum Gasteiger partial charge on any atom is -0.356 e. The minimum absolute atomic E-state index is 0.106. The molecule has 0 bridgehead atoms. The number of fused-ring (bicyclic) bond motifs is 1. The first-order valence-electron chi connectivity index (χ1n) is 6.78. The van der Waals surface area contributed by atoms with Gasteiger partial charge >= 0.3 is 0 Å². The largest absolute Gasteiger partial charge is 0.356 e. The van der Waals surface area contributed by atoms with E-state index in [4.69, 9.17) is 0 Å². The fraction of sp³-hybridized carbons (Fsp3) is 0.500. The number of amides is 1. The summed E-state index contributed by atoms with van der Waals surface area (Å²) in [5, 5.41) is 3.46. The third-order valence-corrected chi connectivity index (χ3v) is 4.37. The Bertz CT molecular complexity index is 688. The molecule has 0 radical (unpaired) electrons. The number of hydrogen-bond donors (Lipinski definition) is 2. The SMILES string of the molecule is CCCCNC(=O)Cc1nc2sc(C)c(C)c2c(=O)[nH]1. The molecule has 2 N–H and O–H groups in total. The Morgan fingerprint density at radius 3 is 2.85 bits per heavy atom. The Morgan fingerprint density at radius 1 is 1.40 bits per heavy atom. The van der Waals surface area contributed by atoms with Crippen molar-refractivity contribution in [2.75, 3.05) is 6.54 Å². The average Bonchev–Trinajstić information content (AvgIpc) is 2.65. The maximum Gasteiger partial charge on any atom is 0.259 e. The molecule has 5 nitrogen and oxygen atoms in total. The number of aromatic amines is 1. The molecule has 0 aliphatic carbocycles. The molecule has 0 spiro atoms. The normalized spacial score (nSPS) is 10.9. The molecule has 20 heavy (non-hydrogen) atoms. The fourth-order valence-electron chi connectivity index (χ4n) is 2.00. The van der Waals surface area contributed by atoms with Gasteiger partial charge in [0.15, 0.2) is 0 Å². The van der Waals surface area contributed by atoms with Crippen LogP contribution >= 0.6 is 11.3 Å². The maximum absolute atomic E-state index is 12.1. The van der Waals surface area contributed by atoms with Gasteiger partial charge in [-0.2, -0.15) is 0 Å². The Labute approximate surface area is 121 Å². The molecule has 6 heteroatoms. The summed E-state index contributed by atoms with van der Waals surface area (Å²) in [5.74, 6) is 0.323. The number of hydrogen-bond acceptors (Lipinski definition) is 4. The lowest BCUT2D eigenvalue weighted by atomic mass is 10.2. The fourth-order valence-corrected chi connectivity index (χ4v) is 3.05. The minimum atomic E-state index is -0.159. The van der Waals surface area contributed by atoms with E-state index in [1.54, 1.807) is 0 Å². The monoisotopic (exact) mass is 293 g/mol. The standard InChI is InChI=1S/C14H19N3O2S/c1-4-5-6-15-11(18)7-10-16-13(19)12-8(2)9(3)20-14(12)17-10/h4-7H2,1-3H3,(H,15,18)(H,16,17,19). The third-order valence-electron chi connectivity index (χ3n) is 3.27. The van der Waals surface area contributed by atoms with Gasteiger partial charge in [0.1, 0.15) is 10.7 Å². The van der Waals surface area contributed by atoms with Crippen molar-refractivity contribution in [3.8, 4) is 0 Å². The van der Waals surface area contributed by atoms with Crippen molar-refractivity contribution in [2.24, 2.45) is 0 Å². The first kappa shape index (κ1) is 14.7. The van der Waals surface area contributed by atoms with Crippen LogP contribution in [0, 0.1) is 13.8 Å². The number of rotatable bonds is 5. The molecule has 0 aliphatic rings. The van der Waals surface area contributed by atoms with Crippen LogP contribution in [0.1, 0.15) is 36.0 Å². The van der Waals surface area contributed by atoms with Crippen LogP contribution in [-0.2, 0) is 11.2 Å². The maximum atomic E-state index is 12.1. The van der Waals surface area contributed by atoms with Crippen molar-refractivity contribution in [3.05, 3.63) is 26.6 Å². The number of nitrogens with one attached hydrogen (secondary N) is 2. The van der Waals surface area contributed by atoms with Gasteiger partial charge in [0.25, 0.3) is 5.56 Å². The lowest BCUT2D eigenvalue weighted by molar-refractivity contribution is -0.120. The number of aryl methyl sites for hydroxylation is 2. The first-order chi connectivity index (χ1) is 9.52. The Morgan fingerprint density at radius 2 is 2.15 bits per heavy atom. The highest BCUT2D eigenvalue weighted by Gasteiger charge is 2.13. The van der Waals surface area contributed by atoms with Gasteiger partial charge in [-0.15, -0.1) is 11.3 Å². The van der Waals surface area contributed by atoms with Crippen LogP contribution in [0.3, 0.4) is 0 Å². The van der Waals surface area contributed by atoms with Crippen LogP contribution in [0.4, 0.5) is 0 Å². The average molecular weight is 293 g/mol. The van der Waals surface area contributed by atoms with Crippen molar-refractivity contribution in [3.63, 3.8) is 0 Å². The zero-order valence-corrected chi connectivity index (χ0v) is 12.8. The van der Waals surface area contributed by atoms with E-state index in [-0.39, 0.29) is 17.9 Å². The number of thiophene rings is 1.